The van der Waals surface area contributed by atoms with E-state index in [1.165, 1.54) is 5.56 Å². The first kappa shape index (κ1) is 14.1. The first-order valence-corrected chi connectivity index (χ1v) is 6.69. The monoisotopic (exact) mass is 268 g/mol. The zero-order valence-corrected chi connectivity index (χ0v) is 12.4. The minimum atomic E-state index is -0.217. The third-order valence-electron chi connectivity index (χ3n) is 3.48. The number of hydrogen-bond acceptors (Lipinski definition) is 1. The maximum absolute atomic E-state index is 12.1. The summed E-state index contributed by atoms with van der Waals surface area (Å²) in [6, 6.07) is 11.6. The van der Waals surface area contributed by atoms with E-state index in [4.69, 9.17) is 0 Å². The van der Waals surface area contributed by atoms with E-state index in [0.717, 1.165) is 28.1 Å². The van der Waals surface area contributed by atoms with Gasteiger partial charge in [-0.25, -0.2) is 4.79 Å². The Kier molecular flexibility index (Phi) is 4.08. The molecule has 0 saturated carbocycles. The summed E-state index contributed by atoms with van der Waals surface area (Å²) in [6.45, 7) is 8.05. The number of benzene rings is 2. The molecule has 2 aromatic rings. The lowest BCUT2D eigenvalue weighted by Gasteiger charge is -2.13. The number of amides is 2. The zero-order chi connectivity index (χ0) is 14.7. The van der Waals surface area contributed by atoms with Crippen molar-refractivity contribution in [1.29, 1.82) is 0 Å². The average molecular weight is 268 g/mol. The van der Waals surface area contributed by atoms with Gasteiger partial charge in [0, 0.05) is 11.4 Å². The van der Waals surface area contributed by atoms with E-state index in [9.17, 15) is 4.79 Å². The van der Waals surface area contributed by atoms with E-state index in [1.54, 1.807) is 0 Å². The second kappa shape index (κ2) is 5.78. The van der Waals surface area contributed by atoms with Crippen molar-refractivity contribution in [3.63, 3.8) is 0 Å². The molecule has 0 heterocycles. The van der Waals surface area contributed by atoms with Crippen LogP contribution in [0.1, 0.15) is 22.3 Å². The van der Waals surface area contributed by atoms with Gasteiger partial charge in [-0.05, 0) is 56.5 Å². The molecule has 2 amide bonds. The second-order valence-corrected chi connectivity index (χ2v) is 5.14. The van der Waals surface area contributed by atoms with Crippen LogP contribution in [0.25, 0.3) is 0 Å². The van der Waals surface area contributed by atoms with E-state index in [0.29, 0.717) is 0 Å². The van der Waals surface area contributed by atoms with Gasteiger partial charge in [-0.1, -0.05) is 29.8 Å². The van der Waals surface area contributed by atoms with E-state index in [2.05, 4.69) is 10.6 Å². The normalized spacial score (nSPS) is 10.2. The van der Waals surface area contributed by atoms with Crippen molar-refractivity contribution < 1.29 is 4.79 Å². The molecule has 0 unspecified atom stereocenters. The fourth-order valence-corrected chi connectivity index (χ4v) is 2.12. The largest absolute Gasteiger partial charge is 0.323 e. The predicted molar refractivity (Wildman–Crippen MR) is 84.5 cm³/mol. The number of carbonyl (C=O) groups is 1. The Hall–Kier alpha value is -2.29. The lowest BCUT2D eigenvalue weighted by atomic mass is 10.1. The Morgan fingerprint density at radius 2 is 1.55 bits per heavy atom. The topological polar surface area (TPSA) is 41.1 Å². The van der Waals surface area contributed by atoms with Crippen molar-refractivity contribution in [3.8, 4) is 0 Å². The van der Waals surface area contributed by atoms with Gasteiger partial charge >= 0.3 is 6.03 Å². The van der Waals surface area contributed by atoms with Gasteiger partial charge in [-0.3, -0.25) is 0 Å². The van der Waals surface area contributed by atoms with Gasteiger partial charge in [0.15, 0.2) is 0 Å². The van der Waals surface area contributed by atoms with Crippen LogP contribution in [0.3, 0.4) is 0 Å². The molecule has 0 radical (unpaired) electrons. The lowest BCUT2D eigenvalue weighted by Crippen LogP contribution is -2.20. The molecule has 0 aliphatic carbocycles. The third-order valence-corrected chi connectivity index (χ3v) is 3.48. The number of aryl methyl sites for hydroxylation is 3. The average Bonchev–Trinajstić information content (AvgIpc) is 2.38. The van der Waals surface area contributed by atoms with Gasteiger partial charge in [0.2, 0.25) is 0 Å². The van der Waals surface area contributed by atoms with Crippen LogP contribution in [0.4, 0.5) is 16.2 Å². The molecule has 3 nitrogen and oxygen atoms in total. The molecule has 0 fully saturated rings. The van der Waals surface area contributed by atoms with Crippen LogP contribution in [0.15, 0.2) is 36.4 Å². The molecule has 0 aliphatic heterocycles. The number of anilines is 2. The standard InChI is InChI=1S/C17H20N2O/c1-11-8-9-15(13(3)10-11)18-17(20)19-16-7-5-6-12(2)14(16)4/h5-10H,1-4H3,(H2,18,19,20). The van der Waals surface area contributed by atoms with Crippen molar-refractivity contribution in [1.82, 2.24) is 0 Å². The fourth-order valence-electron chi connectivity index (χ4n) is 2.12. The maximum Gasteiger partial charge on any atom is 0.323 e. The van der Waals surface area contributed by atoms with Crippen molar-refractivity contribution in [2.24, 2.45) is 0 Å². The minimum absolute atomic E-state index is 0.217. The smallest absolute Gasteiger partial charge is 0.307 e. The number of hydrogen-bond donors (Lipinski definition) is 2. The minimum Gasteiger partial charge on any atom is -0.307 e. The molecular weight excluding hydrogens is 248 g/mol. The molecule has 0 saturated heterocycles. The van der Waals surface area contributed by atoms with Gasteiger partial charge in [-0.15, -0.1) is 0 Å². The van der Waals surface area contributed by atoms with Gasteiger partial charge in [-0.2, -0.15) is 0 Å². The van der Waals surface area contributed by atoms with Crippen molar-refractivity contribution in [3.05, 3.63) is 58.7 Å². The maximum atomic E-state index is 12.1. The summed E-state index contributed by atoms with van der Waals surface area (Å²) in [5, 5.41) is 5.77. The quantitative estimate of drug-likeness (QED) is 0.823. The van der Waals surface area contributed by atoms with E-state index in [-0.39, 0.29) is 6.03 Å². The number of urea groups is 1. The lowest BCUT2D eigenvalue weighted by molar-refractivity contribution is 0.262. The number of nitrogens with one attached hydrogen (secondary N) is 2. The molecule has 2 N–H and O–H groups in total. The summed E-state index contributed by atoms with van der Waals surface area (Å²) in [4.78, 5) is 12.1. The summed E-state index contributed by atoms with van der Waals surface area (Å²) in [5.74, 6) is 0. The van der Waals surface area contributed by atoms with Gasteiger partial charge in [0.25, 0.3) is 0 Å². The van der Waals surface area contributed by atoms with E-state index >= 15 is 0 Å². The Labute approximate surface area is 120 Å². The second-order valence-electron chi connectivity index (χ2n) is 5.14. The molecule has 20 heavy (non-hydrogen) atoms. The molecular formula is C17H20N2O. The van der Waals surface area contributed by atoms with Crippen LogP contribution >= 0.6 is 0 Å². The third kappa shape index (κ3) is 3.18. The van der Waals surface area contributed by atoms with Crippen molar-refractivity contribution >= 4 is 17.4 Å². The highest BCUT2D eigenvalue weighted by atomic mass is 16.2. The van der Waals surface area contributed by atoms with Crippen molar-refractivity contribution in [2.45, 2.75) is 27.7 Å². The SMILES string of the molecule is Cc1ccc(NC(=O)Nc2cccc(C)c2C)c(C)c1. The summed E-state index contributed by atoms with van der Waals surface area (Å²) in [5.41, 5.74) is 6.16. The Morgan fingerprint density at radius 1 is 0.850 bits per heavy atom. The first-order valence-electron chi connectivity index (χ1n) is 6.69. The highest BCUT2D eigenvalue weighted by molar-refractivity contribution is 6.00. The highest BCUT2D eigenvalue weighted by Crippen LogP contribution is 2.19. The van der Waals surface area contributed by atoms with Crippen LogP contribution in [-0.2, 0) is 0 Å². The van der Waals surface area contributed by atoms with Gasteiger partial charge in [0.1, 0.15) is 0 Å². The van der Waals surface area contributed by atoms with Crippen LogP contribution < -0.4 is 10.6 Å². The summed E-state index contributed by atoms with van der Waals surface area (Å²) < 4.78 is 0. The molecule has 2 aromatic carbocycles. The highest BCUT2D eigenvalue weighted by Gasteiger charge is 2.07. The number of rotatable bonds is 2. The molecule has 0 aliphatic rings. The van der Waals surface area contributed by atoms with Crippen molar-refractivity contribution in [2.75, 3.05) is 10.6 Å². The summed E-state index contributed by atoms with van der Waals surface area (Å²) in [6.07, 6.45) is 0. The summed E-state index contributed by atoms with van der Waals surface area (Å²) >= 11 is 0. The molecule has 0 bridgehead atoms. The number of carbonyl (C=O) groups excluding carboxylic acids is 1. The Balaban J connectivity index is 2.11. The molecule has 3 heteroatoms. The first-order chi connectivity index (χ1) is 9.47. The van der Waals surface area contributed by atoms with E-state index in [1.807, 2.05) is 64.1 Å². The Bertz CT molecular complexity index is 647. The van der Waals surface area contributed by atoms with Crippen LogP contribution in [0.5, 0.6) is 0 Å². The predicted octanol–water partition coefficient (Wildman–Crippen LogP) is 4.56. The van der Waals surface area contributed by atoms with Gasteiger partial charge in [0.05, 0.1) is 0 Å². The molecule has 104 valence electrons. The fraction of sp³-hybridized carbons (Fsp3) is 0.235. The van der Waals surface area contributed by atoms with Gasteiger partial charge < -0.3 is 10.6 Å². The molecule has 0 atom stereocenters. The zero-order valence-electron chi connectivity index (χ0n) is 12.4. The van der Waals surface area contributed by atoms with Crippen LogP contribution in [0.2, 0.25) is 0 Å². The molecule has 0 aromatic heterocycles. The van der Waals surface area contributed by atoms with E-state index < -0.39 is 0 Å². The summed E-state index contributed by atoms with van der Waals surface area (Å²) in [7, 11) is 0. The molecule has 2 rings (SSSR count). The Morgan fingerprint density at radius 3 is 2.25 bits per heavy atom. The molecule has 0 spiro atoms. The van der Waals surface area contributed by atoms with Crippen LogP contribution in [-0.4, -0.2) is 6.03 Å². The van der Waals surface area contributed by atoms with Crippen LogP contribution in [0, 0.1) is 27.7 Å².